The van der Waals surface area contributed by atoms with Crippen LogP contribution in [0.4, 0.5) is 0 Å². The Hall–Kier alpha value is -1.22. The van der Waals surface area contributed by atoms with Crippen LogP contribution in [0.3, 0.4) is 0 Å². The predicted molar refractivity (Wildman–Crippen MR) is 47.5 cm³/mol. The van der Waals surface area contributed by atoms with E-state index < -0.39 is 5.24 Å². The molecule has 1 aromatic carbocycles. The Bertz CT molecular complexity index is 373. The highest BCUT2D eigenvalue weighted by atomic mass is 35.5. The molecule has 0 radical (unpaired) electrons. The molecule has 0 saturated carbocycles. The van der Waals surface area contributed by atoms with Crippen molar-refractivity contribution in [3.8, 4) is 11.5 Å². The number of hydrogen-bond acceptors (Lipinski definition) is 3. The Morgan fingerprint density at radius 1 is 1.38 bits per heavy atom. The molecule has 3 nitrogen and oxygen atoms in total. The molecule has 0 amide bonds. The second-order valence-electron chi connectivity index (χ2n) is 2.79. The van der Waals surface area contributed by atoms with Crippen LogP contribution in [-0.4, -0.2) is 12.0 Å². The van der Waals surface area contributed by atoms with Crippen LogP contribution in [0, 0.1) is 6.92 Å². The Morgan fingerprint density at radius 3 is 2.62 bits per heavy atom. The number of rotatable bonds is 1. The predicted octanol–water partition coefficient (Wildman–Crippen LogP) is 2.10. The van der Waals surface area contributed by atoms with Gasteiger partial charge >= 0.3 is 0 Å². The summed E-state index contributed by atoms with van der Waals surface area (Å²) in [6.07, 6.45) is 0. The zero-order valence-electron chi connectivity index (χ0n) is 6.96. The molecule has 13 heavy (non-hydrogen) atoms. The molecule has 68 valence electrons. The van der Waals surface area contributed by atoms with E-state index >= 15 is 0 Å². The molecule has 0 spiro atoms. The van der Waals surface area contributed by atoms with Crippen molar-refractivity contribution in [2.45, 2.75) is 6.92 Å². The highest BCUT2D eigenvalue weighted by Gasteiger charge is 2.17. The average Bonchev–Trinajstić information content (AvgIpc) is 2.48. The molecule has 1 aliphatic rings. The quantitative estimate of drug-likeness (QED) is 0.649. The van der Waals surface area contributed by atoms with Gasteiger partial charge in [0.1, 0.15) is 0 Å². The fourth-order valence-electron chi connectivity index (χ4n) is 1.26. The van der Waals surface area contributed by atoms with E-state index in [9.17, 15) is 4.79 Å². The number of benzene rings is 1. The van der Waals surface area contributed by atoms with Crippen molar-refractivity contribution < 1.29 is 14.3 Å². The summed E-state index contributed by atoms with van der Waals surface area (Å²) in [7, 11) is 0. The Morgan fingerprint density at radius 2 is 2.00 bits per heavy atom. The average molecular weight is 199 g/mol. The molecule has 0 saturated heterocycles. The molecule has 0 atom stereocenters. The first-order chi connectivity index (χ1) is 6.18. The third-order valence-electron chi connectivity index (χ3n) is 1.93. The number of carbonyl (C=O) groups excluding carboxylic acids is 1. The minimum absolute atomic E-state index is 0.203. The van der Waals surface area contributed by atoms with E-state index in [2.05, 4.69) is 0 Å². The van der Waals surface area contributed by atoms with Gasteiger partial charge < -0.3 is 9.47 Å². The third-order valence-corrected chi connectivity index (χ3v) is 2.13. The van der Waals surface area contributed by atoms with Crippen LogP contribution in [0.5, 0.6) is 11.5 Å². The van der Waals surface area contributed by atoms with E-state index in [1.54, 1.807) is 19.1 Å². The van der Waals surface area contributed by atoms with Crippen molar-refractivity contribution >= 4 is 16.8 Å². The van der Waals surface area contributed by atoms with E-state index in [4.69, 9.17) is 21.1 Å². The number of halogens is 1. The van der Waals surface area contributed by atoms with Gasteiger partial charge in [-0.15, -0.1) is 0 Å². The molecule has 0 unspecified atom stereocenters. The van der Waals surface area contributed by atoms with Crippen LogP contribution < -0.4 is 9.47 Å². The lowest BCUT2D eigenvalue weighted by Gasteiger charge is -2.02. The van der Waals surface area contributed by atoms with E-state index in [0.29, 0.717) is 17.1 Å². The largest absolute Gasteiger partial charge is 0.454 e. The standard InChI is InChI=1S/C9H7ClO3/c1-5-2-7-8(13-4-12-7)3-6(5)9(10)11/h2-3H,4H2,1H3. The van der Waals surface area contributed by atoms with E-state index in [1.165, 1.54) is 0 Å². The van der Waals surface area contributed by atoms with Gasteiger partial charge in [-0.25, -0.2) is 0 Å². The van der Waals surface area contributed by atoms with E-state index in [-0.39, 0.29) is 6.79 Å². The van der Waals surface area contributed by atoms with Crippen molar-refractivity contribution in [3.05, 3.63) is 23.3 Å². The maximum Gasteiger partial charge on any atom is 0.252 e. The lowest BCUT2D eigenvalue weighted by molar-refractivity contribution is 0.108. The van der Waals surface area contributed by atoms with Gasteiger partial charge in [0.25, 0.3) is 5.24 Å². The van der Waals surface area contributed by atoms with Gasteiger partial charge in [0.05, 0.1) is 0 Å². The molecule has 1 aliphatic heterocycles. The van der Waals surface area contributed by atoms with Crippen LogP contribution >= 0.6 is 11.6 Å². The van der Waals surface area contributed by atoms with Gasteiger partial charge in [0.2, 0.25) is 6.79 Å². The number of ether oxygens (including phenoxy) is 2. The normalized spacial score (nSPS) is 13.1. The van der Waals surface area contributed by atoms with Crippen molar-refractivity contribution in [3.63, 3.8) is 0 Å². The van der Waals surface area contributed by atoms with E-state index in [0.717, 1.165) is 5.56 Å². The van der Waals surface area contributed by atoms with Crippen LogP contribution in [0.25, 0.3) is 0 Å². The molecule has 0 N–H and O–H groups in total. The monoisotopic (exact) mass is 198 g/mol. The van der Waals surface area contributed by atoms with Crippen LogP contribution in [-0.2, 0) is 0 Å². The first-order valence-corrected chi connectivity index (χ1v) is 4.16. The summed E-state index contributed by atoms with van der Waals surface area (Å²) >= 11 is 5.37. The molecule has 4 heteroatoms. The van der Waals surface area contributed by atoms with Gasteiger partial charge in [-0.1, -0.05) is 0 Å². The summed E-state index contributed by atoms with van der Waals surface area (Å²) in [5.41, 5.74) is 1.26. The summed E-state index contributed by atoms with van der Waals surface area (Å²) in [6, 6.07) is 3.35. The van der Waals surface area contributed by atoms with Crippen molar-refractivity contribution in [1.29, 1.82) is 0 Å². The molecule has 2 rings (SSSR count). The minimum Gasteiger partial charge on any atom is -0.454 e. The summed E-state index contributed by atoms with van der Waals surface area (Å²) in [5, 5.41) is -0.476. The first kappa shape index (κ1) is 8.38. The Balaban J connectivity index is 2.55. The number of fused-ring (bicyclic) bond motifs is 1. The molecule has 0 aromatic heterocycles. The lowest BCUT2D eigenvalue weighted by atomic mass is 10.1. The Kier molecular flexibility index (Phi) is 1.88. The SMILES string of the molecule is Cc1cc2c(cc1C(=O)Cl)OCO2. The second kappa shape index (κ2) is 2.92. The molecule has 0 fully saturated rings. The van der Waals surface area contributed by atoms with E-state index in [1.807, 2.05) is 0 Å². The Labute approximate surface area is 80.2 Å². The minimum atomic E-state index is -0.476. The molecule has 1 aromatic rings. The number of aryl methyl sites for hydroxylation is 1. The fraction of sp³-hybridized carbons (Fsp3) is 0.222. The topological polar surface area (TPSA) is 35.5 Å². The van der Waals surface area contributed by atoms with Gasteiger partial charge in [-0.3, -0.25) is 4.79 Å². The molecule has 0 bridgehead atoms. The van der Waals surface area contributed by atoms with Crippen molar-refractivity contribution in [1.82, 2.24) is 0 Å². The fourth-order valence-corrected chi connectivity index (χ4v) is 1.46. The smallest absolute Gasteiger partial charge is 0.252 e. The molecular formula is C9H7ClO3. The molecule has 1 heterocycles. The van der Waals surface area contributed by atoms with Gasteiger partial charge in [0, 0.05) is 5.56 Å². The zero-order valence-corrected chi connectivity index (χ0v) is 7.72. The number of hydrogen-bond donors (Lipinski definition) is 0. The highest BCUT2D eigenvalue weighted by Crippen LogP contribution is 2.34. The van der Waals surface area contributed by atoms with Crippen LogP contribution in [0.15, 0.2) is 12.1 Å². The maximum absolute atomic E-state index is 10.9. The van der Waals surface area contributed by atoms with Gasteiger partial charge in [-0.2, -0.15) is 0 Å². The maximum atomic E-state index is 10.9. The molecular weight excluding hydrogens is 192 g/mol. The number of carbonyl (C=O) groups is 1. The summed E-state index contributed by atoms with van der Waals surface area (Å²) in [5.74, 6) is 1.24. The molecule has 0 aliphatic carbocycles. The second-order valence-corrected chi connectivity index (χ2v) is 3.14. The van der Waals surface area contributed by atoms with Crippen LogP contribution in [0.2, 0.25) is 0 Å². The third kappa shape index (κ3) is 1.35. The van der Waals surface area contributed by atoms with Crippen molar-refractivity contribution in [2.75, 3.05) is 6.79 Å². The van der Waals surface area contributed by atoms with Crippen LogP contribution in [0.1, 0.15) is 15.9 Å². The first-order valence-electron chi connectivity index (χ1n) is 3.78. The summed E-state index contributed by atoms with van der Waals surface area (Å²) in [4.78, 5) is 10.9. The van der Waals surface area contributed by atoms with Gasteiger partial charge in [-0.05, 0) is 36.2 Å². The van der Waals surface area contributed by atoms with Gasteiger partial charge in [0.15, 0.2) is 11.5 Å². The summed E-state index contributed by atoms with van der Waals surface area (Å²) < 4.78 is 10.2. The zero-order chi connectivity index (χ0) is 9.42. The summed E-state index contributed by atoms with van der Waals surface area (Å²) in [6.45, 7) is 2.01. The lowest BCUT2D eigenvalue weighted by Crippen LogP contribution is -1.93. The van der Waals surface area contributed by atoms with Crippen molar-refractivity contribution in [2.24, 2.45) is 0 Å². The highest BCUT2D eigenvalue weighted by molar-refractivity contribution is 6.67.